The number of halogens is 5. The van der Waals surface area contributed by atoms with E-state index in [1.165, 1.54) is 24.5 Å². The number of para-hydroxylation sites is 1. The third-order valence-electron chi connectivity index (χ3n) is 5.80. The van der Waals surface area contributed by atoms with Gasteiger partial charge in [0.15, 0.2) is 5.60 Å². The Balaban J connectivity index is 1.74. The van der Waals surface area contributed by atoms with E-state index >= 15 is 0 Å². The molecule has 4 rings (SSSR count). The van der Waals surface area contributed by atoms with Crippen molar-refractivity contribution in [3.05, 3.63) is 65.2 Å². The van der Waals surface area contributed by atoms with Crippen molar-refractivity contribution in [3.63, 3.8) is 0 Å². The van der Waals surface area contributed by atoms with Crippen LogP contribution >= 0.6 is 11.6 Å². The SMILES string of the molecule is OC(C=Nc1cccc2nccnc12)(CC1(c2cc(F)ccc2Cl)CCC1)C(F)(F)F. The lowest BCUT2D eigenvalue weighted by Gasteiger charge is -2.47. The molecule has 0 radical (unpaired) electrons. The number of aliphatic imine (C=N–C) groups is 1. The normalized spacial score (nSPS) is 18.1. The zero-order valence-electron chi connectivity index (χ0n) is 16.2. The van der Waals surface area contributed by atoms with Crippen LogP contribution in [0.5, 0.6) is 0 Å². The minimum atomic E-state index is -5.00. The molecule has 1 aliphatic rings. The summed E-state index contributed by atoms with van der Waals surface area (Å²) in [4.78, 5) is 12.2. The number of benzene rings is 2. The van der Waals surface area contributed by atoms with Gasteiger partial charge < -0.3 is 5.11 Å². The van der Waals surface area contributed by atoms with Gasteiger partial charge in [0.2, 0.25) is 0 Å². The first-order valence-electron chi connectivity index (χ1n) is 9.63. The van der Waals surface area contributed by atoms with E-state index in [0.717, 1.165) is 12.1 Å². The molecule has 1 aromatic heterocycles. The molecular formula is C22H18ClF4N3O. The van der Waals surface area contributed by atoms with Crippen molar-refractivity contribution >= 4 is 34.5 Å². The lowest BCUT2D eigenvalue weighted by atomic mass is 9.59. The van der Waals surface area contributed by atoms with Gasteiger partial charge in [-0.05, 0) is 55.2 Å². The molecule has 1 heterocycles. The van der Waals surface area contributed by atoms with E-state index in [9.17, 15) is 22.7 Å². The molecule has 9 heteroatoms. The molecule has 0 spiro atoms. The summed E-state index contributed by atoms with van der Waals surface area (Å²) in [7, 11) is 0. The number of hydrogen-bond acceptors (Lipinski definition) is 4. The Bertz CT molecular complexity index is 1140. The highest BCUT2D eigenvalue weighted by atomic mass is 35.5. The largest absolute Gasteiger partial charge is 0.422 e. The van der Waals surface area contributed by atoms with Gasteiger partial charge >= 0.3 is 6.18 Å². The standard InChI is InChI=1S/C22H18ClF4N3O/c23-16-6-5-14(24)11-15(16)20(7-2-8-20)12-21(31,22(25,26)27)13-30-18-4-1-3-17-19(18)29-10-9-28-17/h1,3-6,9-11,13,31H,2,7-8,12H2. The number of fused-ring (bicyclic) bond motifs is 1. The van der Waals surface area contributed by atoms with Gasteiger partial charge in [0.25, 0.3) is 0 Å². The first-order chi connectivity index (χ1) is 14.6. The van der Waals surface area contributed by atoms with Crippen LogP contribution in [-0.2, 0) is 5.41 Å². The van der Waals surface area contributed by atoms with Crippen molar-refractivity contribution in [2.24, 2.45) is 4.99 Å². The second-order valence-corrected chi connectivity index (χ2v) is 8.22. The molecule has 3 aromatic rings. The average molecular weight is 452 g/mol. The molecule has 1 saturated carbocycles. The highest BCUT2D eigenvalue weighted by molar-refractivity contribution is 6.31. The van der Waals surface area contributed by atoms with Gasteiger partial charge in [0, 0.05) is 29.0 Å². The van der Waals surface area contributed by atoms with E-state index in [2.05, 4.69) is 15.0 Å². The molecule has 0 saturated heterocycles. The lowest BCUT2D eigenvalue weighted by Crippen LogP contribution is -2.53. The lowest BCUT2D eigenvalue weighted by molar-refractivity contribution is -0.237. The van der Waals surface area contributed by atoms with E-state index in [0.29, 0.717) is 36.5 Å². The first-order valence-corrected chi connectivity index (χ1v) is 10.0. The second kappa shape index (κ2) is 7.84. The molecule has 31 heavy (non-hydrogen) atoms. The van der Waals surface area contributed by atoms with Crippen molar-refractivity contribution in [1.29, 1.82) is 0 Å². The molecule has 1 atom stereocenters. The Labute approximate surface area is 180 Å². The highest BCUT2D eigenvalue weighted by Gasteiger charge is 2.58. The van der Waals surface area contributed by atoms with Crippen LogP contribution < -0.4 is 0 Å². The fourth-order valence-corrected chi connectivity index (χ4v) is 4.36. The van der Waals surface area contributed by atoms with Crippen LogP contribution in [0.2, 0.25) is 5.02 Å². The Morgan fingerprint density at radius 2 is 1.87 bits per heavy atom. The van der Waals surface area contributed by atoms with E-state index in [4.69, 9.17) is 11.6 Å². The number of hydrogen-bond donors (Lipinski definition) is 1. The van der Waals surface area contributed by atoms with Gasteiger partial charge in [-0.2, -0.15) is 13.2 Å². The molecule has 0 aliphatic heterocycles. The number of nitrogens with zero attached hydrogens (tertiary/aromatic N) is 3. The molecule has 1 N–H and O–H groups in total. The average Bonchev–Trinajstić information content (AvgIpc) is 2.70. The van der Waals surface area contributed by atoms with E-state index in [-0.39, 0.29) is 16.3 Å². The maximum absolute atomic E-state index is 14.0. The summed E-state index contributed by atoms with van der Waals surface area (Å²) < 4.78 is 55.9. The summed E-state index contributed by atoms with van der Waals surface area (Å²) in [6.45, 7) is 0. The molecule has 1 unspecified atom stereocenters. The summed E-state index contributed by atoms with van der Waals surface area (Å²) in [6.07, 6.45) is -0.996. The maximum atomic E-state index is 14.0. The first kappa shape index (κ1) is 21.6. The molecule has 162 valence electrons. The van der Waals surface area contributed by atoms with Crippen LogP contribution in [0.25, 0.3) is 11.0 Å². The molecule has 1 aliphatic carbocycles. The van der Waals surface area contributed by atoms with E-state index in [1.54, 1.807) is 12.1 Å². The van der Waals surface area contributed by atoms with E-state index in [1.807, 2.05) is 0 Å². The van der Waals surface area contributed by atoms with Crippen LogP contribution in [0.4, 0.5) is 23.2 Å². The Kier molecular flexibility index (Phi) is 5.47. The smallest absolute Gasteiger partial charge is 0.376 e. The minimum Gasteiger partial charge on any atom is -0.376 e. The predicted octanol–water partition coefficient (Wildman–Crippen LogP) is 5.93. The number of aromatic nitrogens is 2. The van der Waals surface area contributed by atoms with Gasteiger partial charge in [-0.1, -0.05) is 24.1 Å². The van der Waals surface area contributed by atoms with Crippen molar-refractivity contribution in [1.82, 2.24) is 9.97 Å². The van der Waals surface area contributed by atoms with Crippen molar-refractivity contribution < 1.29 is 22.7 Å². The van der Waals surface area contributed by atoms with Gasteiger partial charge in [0.1, 0.15) is 11.3 Å². The van der Waals surface area contributed by atoms with Crippen molar-refractivity contribution in [2.75, 3.05) is 0 Å². The quantitative estimate of drug-likeness (QED) is 0.386. The molecule has 4 nitrogen and oxygen atoms in total. The summed E-state index contributed by atoms with van der Waals surface area (Å²) in [5.74, 6) is -0.593. The van der Waals surface area contributed by atoms with Crippen LogP contribution in [0.15, 0.2) is 53.8 Å². The maximum Gasteiger partial charge on any atom is 0.422 e. The number of rotatable bonds is 5. The Hall–Kier alpha value is -2.58. The fourth-order valence-electron chi connectivity index (χ4n) is 4.04. The van der Waals surface area contributed by atoms with Gasteiger partial charge in [-0.25, -0.2) is 4.39 Å². The molecule has 1 fully saturated rings. The Morgan fingerprint density at radius 1 is 1.13 bits per heavy atom. The summed E-state index contributed by atoms with van der Waals surface area (Å²) in [5, 5.41) is 10.9. The summed E-state index contributed by atoms with van der Waals surface area (Å²) in [5.41, 5.74) is -3.14. The molecule has 2 aromatic carbocycles. The van der Waals surface area contributed by atoms with Crippen LogP contribution in [0.1, 0.15) is 31.2 Å². The van der Waals surface area contributed by atoms with Crippen molar-refractivity contribution in [3.8, 4) is 0 Å². The molecule has 0 amide bonds. The number of alkyl halides is 3. The Morgan fingerprint density at radius 3 is 2.55 bits per heavy atom. The summed E-state index contributed by atoms with van der Waals surface area (Å²) in [6, 6.07) is 8.37. The van der Waals surface area contributed by atoms with E-state index < -0.39 is 29.4 Å². The monoisotopic (exact) mass is 451 g/mol. The van der Waals surface area contributed by atoms with Crippen molar-refractivity contribution in [2.45, 2.75) is 42.9 Å². The van der Waals surface area contributed by atoms with Crippen LogP contribution in [0.3, 0.4) is 0 Å². The van der Waals surface area contributed by atoms with Gasteiger partial charge in [-0.3, -0.25) is 15.0 Å². The predicted molar refractivity (Wildman–Crippen MR) is 110 cm³/mol. The zero-order valence-corrected chi connectivity index (χ0v) is 17.0. The topological polar surface area (TPSA) is 58.4 Å². The van der Waals surface area contributed by atoms with Gasteiger partial charge in [-0.15, -0.1) is 0 Å². The van der Waals surface area contributed by atoms with Crippen LogP contribution in [-0.4, -0.2) is 33.1 Å². The van der Waals surface area contributed by atoms with Crippen LogP contribution in [0, 0.1) is 5.82 Å². The third kappa shape index (κ3) is 4.02. The second-order valence-electron chi connectivity index (χ2n) is 7.82. The zero-order chi connectivity index (χ0) is 22.3. The fraction of sp³-hybridized carbons (Fsp3) is 0.318. The highest BCUT2D eigenvalue weighted by Crippen LogP contribution is 2.53. The summed E-state index contributed by atoms with van der Waals surface area (Å²) >= 11 is 6.20. The number of aliphatic hydroxyl groups is 1. The van der Waals surface area contributed by atoms with Gasteiger partial charge in [0.05, 0.1) is 11.2 Å². The molecular weight excluding hydrogens is 434 g/mol. The molecule has 0 bridgehead atoms. The third-order valence-corrected chi connectivity index (χ3v) is 6.13. The minimum absolute atomic E-state index is 0.153.